The Bertz CT molecular complexity index is 1040. The molecule has 0 unspecified atom stereocenters. The van der Waals surface area contributed by atoms with Crippen molar-refractivity contribution in [2.45, 2.75) is 38.0 Å². The lowest BCUT2D eigenvalue weighted by Crippen LogP contribution is -2.39. The van der Waals surface area contributed by atoms with Crippen molar-refractivity contribution >= 4 is 16.9 Å². The molecule has 1 saturated carbocycles. The fraction of sp³-hybridized carbons (Fsp3) is 0.409. The summed E-state index contributed by atoms with van der Waals surface area (Å²) in [5, 5.41) is 0. The van der Waals surface area contributed by atoms with E-state index in [4.69, 9.17) is 0 Å². The van der Waals surface area contributed by atoms with Gasteiger partial charge in [-0.2, -0.15) is 0 Å². The minimum atomic E-state index is -0.174. The topological polar surface area (TPSA) is 81.8 Å². The molecule has 6 heteroatoms. The van der Waals surface area contributed by atoms with E-state index in [2.05, 4.69) is 15.0 Å². The first kappa shape index (κ1) is 17.2. The number of fused-ring (bicyclic) bond motifs is 1. The lowest BCUT2D eigenvalue weighted by molar-refractivity contribution is 0.0689. The Morgan fingerprint density at radius 2 is 1.86 bits per heavy atom. The van der Waals surface area contributed by atoms with Crippen LogP contribution in [0.15, 0.2) is 41.2 Å². The third-order valence-corrected chi connectivity index (χ3v) is 5.95. The second kappa shape index (κ2) is 6.93. The number of pyridine rings is 1. The van der Waals surface area contributed by atoms with Crippen LogP contribution >= 0.6 is 0 Å². The quantitative estimate of drug-likeness (QED) is 0.733. The van der Waals surface area contributed by atoms with Crippen molar-refractivity contribution in [1.82, 2.24) is 19.9 Å². The summed E-state index contributed by atoms with van der Waals surface area (Å²) in [4.78, 5) is 37.7. The Kier molecular flexibility index (Phi) is 4.26. The highest BCUT2D eigenvalue weighted by molar-refractivity contribution is 5.94. The van der Waals surface area contributed by atoms with E-state index in [9.17, 15) is 9.59 Å². The molecular formula is C22H24N4O2. The highest BCUT2D eigenvalue weighted by Gasteiger charge is 2.28. The van der Waals surface area contributed by atoms with Gasteiger partial charge in [0.15, 0.2) is 0 Å². The van der Waals surface area contributed by atoms with Crippen LogP contribution in [0.5, 0.6) is 0 Å². The standard InChI is InChI=1S/C22H24N4O2/c27-21-13-16(12-19(25-21)15-5-6-15)22(28)26-9-7-14(8-10-26)11-20-23-17-3-1-2-4-18(17)24-20/h1-4,12-15H,5-11H2,(H,23,24)(H,25,27). The largest absolute Gasteiger partial charge is 0.342 e. The Hall–Kier alpha value is -2.89. The minimum Gasteiger partial charge on any atom is -0.342 e. The van der Waals surface area contributed by atoms with Crippen molar-refractivity contribution in [2.24, 2.45) is 5.92 Å². The summed E-state index contributed by atoms with van der Waals surface area (Å²) in [6.45, 7) is 1.46. The molecule has 0 atom stereocenters. The van der Waals surface area contributed by atoms with Crippen LogP contribution in [0, 0.1) is 5.92 Å². The van der Waals surface area contributed by atoms with Crippen LogP contribution in [0.25, 0.3) is 11.0 Å². The number of hydrogen-bond donors (Lipinski definition) is 2. The van der Waals surface area contributed by atoms with Crippen molar-refractivity contribution in [1.29, 1.82) is 0 Å². The maximum absolute atomic E-state index is 12.9. The normalized spacial score (nSPS) is 17.9. The molecule has 1 saturated heterocycles. The number of H-pyrrole nitrogens is 2. The number of imidazole rings is 1. The van der Waals surface area contributed by atoms with Crippen molar-refractivity contribution in [3.8, 4) is 0 Å². The van der Waals surface area contributed by atoms with Gasteiger partial charge in [-0.25, -0.2) is 4.98 Å². The van der Waals surface area contributed by atoms with Gasteiger partial charge in [-0.05, 0) is 55.7 Å². The zero-order valence-electron chi connectivity index (χ0n) is 15.8. The van der Waals surface area contributed by atoms with E-state index in [1.807, 2.05) is 35.2 Å². The van der Waals surface area contributed by atoms with E-state index in [-0.39, 0.29) is 11.5 Å². The van der Waals surface area contributed by atoms with Crippen LogP contribution in [0.1, 0.15) is 53.5 Å². The molecule has 5 rings (SSSR count). The predicted molar refractivity (Wildman–Crippen MR) is 107 cm³/mol. The fourth-order valence-electron chi connectivity index (χ4n) is 4.20. The maximum Gasteiger partial charge on any atom is 0.254 e. The van der Waals surface area contributed by atoms with E-state index < -0.39 is 0 Å². The van der Waals surface area contributed by atoms with Gasteiger partial charge in [-0.3, -0.25) is 9.59 Å². The molecule has 0 radical (unpaired) electrons. The molecule has 3 aromatic rings. The van der Waals surface area contributed by atoms with Gasteiger partial charge < -0.3 is 14.9 Å². The van der Waals surface area contributed by atoms with E-state index in [0.29, 0.717) is 17.4 Å². The zero-order valence-corrected chi connectivity index (χ0v) is 15.8. The molecule has 2 aliphatic rings. The summed E-state index contributed by atoms with van der Waals surface area (Å²) in [6.07, 6.45) is 5.03. The third kappa shape index (κ3) is 3.46. The maximum atomic E-state index is 12.9. The molecule has 1 aliphatic carbocycles. The number of nitrogens with one attached hydrogen (secondary N) is 2. The summed E-state index contributed by atoms with van der Waals surface area (Å²) in [6, 6.07) is 11.4. The van der Waals surface area contributed by atoms with Crippen molar-refractivity contribution in [3.05, 3.63) is 63.8 Å². The third-order valence-electron chi connectivity index (χ3n) is 5.95. The highest BCUT2D eigenvalue weighted by atomic mass is 16.2. The molecule has 28 heavy (non-hydrogen) atoms. The first-order chi connectivity index (χ1) is 13.7. The van der Waals surface area contributed by atoms with Crippen LogP contribution < -0.4 is 5.56 Å². The Morgan fingerprint density at radius 1 is 1.07 bits per heavy atom. The highest BCUT2D eigenvalue weighted by Crippen LogP contribution is 2.38. The van der Waals surface area contributed by atoms with Crippen LogP contribution in [0.2, 0.25) is 0 Å². The summed E-state index contributed by atoms with van der Waals surface area (Å²) < 4.78 is 0. The number of amides is 1. The Morgan fingerprint density at radius 3 is 2.61 bits per heavy atom. The van der Waals surface area contributed by atoms with E-state index in [1.54, 1.807) is 0 Å². The number of hydrogen-bond acceptors (Lipinski definition) is 3. The van der Waals surface area contributed by atoms with E-state index in [1.165, 1.54) is 6.07 Å². The van der Waals surface area contributed by atoms with Gasteiger partial charge in [0.1, 0.15) is 5.82 Å². The monoisotopic (exact) mass is 376 g/mol. The number of carbonyl (C=O) groups is 1. The van der Waals surface area contributed by atoms with Crippen molar-refractivity contribution in [3.63, 3.8) is 0 Å². The number of aromatic nitrogens is 3. The van der Waals surface area contributed by atoms with Gasteiger partial charge in [0.05, 0.1) is 11.0 Å². The van der Waals surface area contributed by atoms with Crippen LogP contribution in [0.3, 0.4) is 0 Å². The predicted octanol–water partition coefficient (Wildman–Crippen LogP) is 3.22. The van der Waals surface area contributed by atoms with Crippen molar-refractivity contribution < 1.29 is 4.79 Å². The molecule has 1 amide bonds. The number of benzene rings is 1. The van der Waals surface area contributed by atoms with Gasteiger partial charge >= 0.3 is 0 Å². The second-order valence-corrected chi connectivity index (χ2v) is 8.10. The number of rotatable bonds is 4. The molecule has 6 nitrogen and oxygen atoms in total. The van der Waals surface area contributed by atoms with Gasteiger partial charge in [0.2, 0.25) is 5.56 Å². The summed E-state index contributed by atoms with van der Waals surface area (Å²) in [5.41, 5.74) is 3.35. The minimum absolute atomic E-state index is 0.0183. The molecule has 3 heterocycles. The van der Waals surface area contributed by atoms with Crippen LogP contribution in [-0.2, 0) is 6.42 Å². The molecule has 2 N–H and O–H groups in total. The fourth-order valence-corrected chi connectivity index (χ4v) is 4.20. The molecule has 0 spiro atoms. The van der Waals surface area contributed by atoms with Gasteiger partial charge in [0, 0.05) is 36.8 Å². The second-order valence-electron chi connectivity index (χ2n) is 8.10. The van der Waals surface area contributed by atoms with Gasteiger partial charge in [-0.1, -0.05) is 12.1 Å². The molecule has 1 aromatic carbocycles. The molecule has 2 aromatic heterocycles. The number of para-hydroxylation sites is 2. The van der Waals surface area contributed by atoms with Gasteiger partial charge in [0.25, 0.3) is 5.91 Å². The number of carbonyl (C=O) groups excluding carboxylic acids is 1. The van der Waals surface area contributed by atoms with Gasteiger partial charge in [-0.15, -0.1) is 0 Å². The smallest absolute Gasteiger partial charge is 0.254 e. The van der Waals surface area contributed by atoms with Crippen molar-refractivity contribution in [2.75, 3.05) is 13.1 Å². The van der Waals surface area contributed by atoms with Crippen LogP contribution in [-0.4, -0.2) is 38.8 Å². The summed E-state index contributed by atoms with van der Waals surface area (Å²) in [5.74, 6) is 1.95. The number of nitrogens with zero attached hydrogens (tertiary/aromatic N) is 2. The molecule has 0 bridgehead atoms. The van der Waals surface area contributed by atoms with E-state index in [0.717, 1.165) is 67.7 Å². The lowest BCUT2D eigenvalue weighted by Gasteiger charge is -2.31. The molecule has 144 valence electrons. The SMILES string of the molecule is O=C(c1cc(C2CC2)[nH]c(=O)c1)N1CCC(Cc2nc3ccccc3[nH]2)CC1. The number of likely N-dealkylation sites (tertiary alicyclic amines) is 1. The number of piperidine rings is 1. The van der Waals surface area contributed by atoms with E-state index >= 15 is 0 Å². The average molecular weight is 376 g/mol. The molecule has 2 fully saturated rings. The average Bonchev–Trinajstić information content (AvgIpc) is 3.48. The number of aromatic amines is 2. The molecule has 1 aliphatic heterocycles. The Labute approximate surface area is 163 Å². The van der Waals surface area contributed by atoms with Crippen LogP contribution in [0.4, 0.5) is 0 Å². The lowest BCUT2D eigenvalue weighted by atomic mass is 9.93. The summed E-state index contributed by atoms with van der Waals surface area (Å²) >= 11 is 0. The first-order valence-electron chi connectivity index (χ1n) is 10.1. The molecular weight excluding hydrogens is 352 g/mol. The first-order valence-corrected chi connectivity index (χ1v) is 10.1. The zero-order chi connectivity index (χ0) is 19.1. The Balaban J connectivity index is 1.23. The summed E-state index contributed by atoms with van der Waals surface area (Å²) in [7, 11) is 0.